The van der Waals surface area contributed by atoms with Crippen molar-refractivity contribution in [3.8, 4) is 16.9 Å². The van der Waals surface area contributed by atoms with Crippen LogP contribution in [0.15, 0.2) is 130 Å². The topological polar surface area (TPSA) is 91.9 Å². The van der Waals surface area contributed by atoms with Crippen molar-refractivity contribution >= 4 is 40.3 Å². The summed E-state index contributed by atoms with van der Waals surface area (Å²) in [5.74, 6) is -0.713. The number of allylic oxidation sites excluding steroid dienone is 1. The molecule has 3 heterocycles. The van der Waals surface area contributed by atoms with Crippen molar-refractivity contribution in [3.05, 3.63) is 157 Å². The zero-order chi connectivity index (χ0) is 34.1. The number of rotatable bonds is 8. The lowest BCUT2D eigenvalue weighted by atomic mass is 9.95. The van der Waals surface area contributed by atoms with Crippen LogP contribution >= 0.6 is 11.3 Å². The van der Waals surface area contributed by atoms with E-state index in [0.717, 1.165) is 27.6 Å². The molecule has 4 aromatic carbocycles. The van der Waals surface area contributed by atoms with Gasteiger partial charge in [-0.15, -0.1) is 0 Å². The maximum absolute atomic E-state index is 14.3. The quantitative estimate of drug-likeness (QED) is 0.139. The number of nitrogens with zero attached hydrogens (tertiary/aromatic N) is 3. The monoisotopic (exact) mass is 667 g/mol. The molecule has 0 spiro atoms. The molecule has 1 atom stereocenters. The molecule has 9 heteroatoms. The summed E-state index contributed by atoms with van der Waals surface area (Å²) in [5.41, 5.74) is 6.48. The van der Waals surface area contributed by atoms with Gasteiger partial charge in [-0.1, -0.05) is 96.3 Å². The molecule has 1 aliphatic heterocycles. The van der Waals surface area contributed by atoms with E-state index in [1.54, 1.807) is 38.1 Å². The lowest BCUT2D eigenvalue weighted by Gasteiger charge is -2.25. The fourth-order valence-electron chi connectivity index (χ4n) is 6.31. The van der Waals surface area contributed by atoms with E-state index in [0.29, 0.717) is 32.9 Å². The highest BCUT2D eigenvalue weighted by molar-refractivity contribution is 7.07. The third-order valence-corrected chi connectivity index (χ3v) is 9.46. The van der Waals surface area contributed by atoms with Crippen LogP contribution in [0.5, 0.6) is 5.75 Å². The van der Waals surface area contributed by atoms with Crippen molar-refractivity contribution in [2.45, 2.75) is 33.4 Å². The van der Waals surface area contributed by atoms with Crippen molar-refractivity contribution in [3.63, 3.8) is 0 Å². The van der Waals surface area contributed by atoms with Crippen LogP contribution in [0.1, 0.15) is 43.5 Å². The maximum Gasteiger partial charge on any atom is 0.338 e. The summed E-state index contributed by atoms with van der Waals surface area (Å²) >= 11 is 1.27. The summed E-state index contributed by atoms with van der Waals surface area (Å²) in [6.07, 6.45) is 3.97. The molecule has 0 radical (unpaired) electrons. The van der Waals surface area contributed by atoms with E-state index in [-0.39, 0.29) is 17.7 Å². The van der Waals surface area contributed by atoms with Gasteiger partial charge in [-0.05, 0) is 60.4 Å². The first-order valence-corrected chi connectivity index (χ1v) is 16.8. The highest BCUT2D eigenvalue weighted by Crippen LogP contribution is 2.32. The number of carbonyl (C=O) groups is 2. The Morgan fingerprint density at radius 3 is 2.41 bits per heavy atom. The Labute approximate surface area is 286 Å². The summed E-state index contributed by atoms with van der Waals surface area (Å²) in [4.78, 5) is 44.5. The van der Waals surface area contributed by atoms with Crippen molar-refractivity contribution in [1.29, 1.82) is 0 Å². The number of hydrogen-bond acceptors (Lipinski definition) is 7. The second-order valence-electron chi connectivity index (χ2n) is 11.8. The van der Waals surface area contributed by atoms with Crippen LogP contribution in [0.4, 0.5) is 0 Å². The third kappa shape index (κ3) is 6.28. The normalized spacial score (nSPS) is 14.4. The smallest absolute Gasteiger partial charge is 0.338 e. The second-order valence-corrected chi connectivity index (χ2v) is 12.8. The minimum absolute atomic E-state index is 0.168. The minimum Gasteiger partial charge on any atom is -0.463 e. The number of aromatic nitrogens is 2. The van der Waals surface area contributed by atoms with Gasteiger partial charge in [0.1, 0.15) is 5.75 Å². The largest absolute Gasteiger partial charge is 0.463 e. The Kier molecular flexibility index (Phi) is 8.67. The van der Waals surface area contributed by atoms with Crippen molar-refractivity contribution < 1.29 is 19.1 Å². The van der Waals surface area contributed by atoms with Crippen LogP contribution in [0, 0.1) is 0 Å². The average Bonchev–Trinajstić information content (AvgIpc) is 3.60. The van der Waals surface area contributed by atoms with Crippen molar-refractivity contribution in [2.75, 3.05) is 6.61 Å². The fraction of sp³-hybridized carbons (Fsp3) is 0.150. The molecule has 0 amide bonds. The Morgan fingerprint density at radius 2 is 1.65 bits per heavy atom. The van der Waals surface area contributed by atoms with E-state index in [4.69, 9.17) is 14.5 Å². The van der Waals surface area contributed by atoms with Gasteiger partial charge in [0.25, 0.3) is 5.56 Å². The summed E-state index contributed by atoms with van der Waals surface area (Å²) in [6, 6.07) is 33.0. The molecule has 8 nitrogen and oxygen atoms in total. The van der Waals surface area contributed by atoms with E-state index in [1.807, 2.05) is 36.4 Å². The molecule has 49 heavy (non-hydrogen) atoms. The zero-order valence-electron chi connectivity index (χ0n) is 27.3. The number of para-hydroxylation sites is 1. The van der Waals surface area contributed by atoms with Crippen LogP contribution < -0.4 is 19.6 Å². The first-order valence-electron chi connectivity index (χ1n) is 16.0. The number of thiazole rings is 1. The molecule has 0 unspecified atom stereocenters. The predicted molar refractivity (Wildman–Crippen MR) is 191 cm³/mol. The Bertz CT molecular complexity index is 2440. The van der Waals surface area contributed by atoms with Gasteiger partial charge in [-0.3, -0.25) is 14.2 Å². The number of esters is 2. The van der Waals surface area contributed by atoms with Crippen LogP contribution in [-0.2, 0) is 20.9 Å². The summed E-state index contributed by atoms with van der Waals surface area (Å²) < 4.78 is 15.0. The average molecular weight is 668 g/mol. The number of fused-ring (bicyclic) bond motifs is 2. The second kappa shape index (κ2) is 13.4. The van der Waals surface area contributed by atoms with Crippen LogP contribution in [0.2, 0.25) is 0 Å². The molecule has 0 fully saturated rings. The van der Waals surface area contributed by atoms with Gasteiger partial charge in [0.15, 0.2) is 4.80 Å². The van der Waals surface area contributed by atoms with E-state index >= 15 is 0 Å². The van der Waals surface area contributed by atoms with E-state index in [9.17, 15) is 14.4 Å². The summed E-state index contributed by atoms with van der Waals surface area (Å²) in [6.45, 7) is 5.62. The molecule has 7 rings (SSSR count). The molecule has 0 N–H and O–H groups in total. The minimum atomic E-state index is -0.826. The first kappa shape index (κ1) is 31.8. The lowest BCUT2D eigenvalue weighted by Crippen LogP contribution is -2.39. The molecule has 244 valence electrons. The van der Waals surface area contributed by atoms with Crippen LogP contribution in [-0.4, -0.2) is 27.7 Å². The number of carbonyl (C=O) groups excluding carboxylic acids is 2. The van der Waals surface area contributed by atoms with Gasteiger partial charge in [0, 0.05) is 36.1 Å². The van der Waals surface area contributed by atoms with Gasteiger partial charge in [-0.2, -0.15) is 0 Å². The number of ether oxygens (including phenoxy) is 2. The van der Waals surface area contributed by atoms with Gasteiger partial charge in [0.2, 0.25) is 0 Å². The summed E-state index contributed by atoms with van der Waals surface area (Å²) in [7, 11) is 0. The predicted octanol–water partition coefficient (Wildman–Crippen LogP) is 6.39. The zero-order valence-corrected chi connectivity index (χ0v) is 28.1. The Balaban J connectivity index is 1.31. The molecular weight excluding hydrogens is 635 g/mol. The molecule has 2 aromatic heterocycles. The third-order valence-electron chi connectivity index (χ3n) is 8.47. The maximum atomic E-state index is 14.3. The number of benzene rings is 4. The van der Waals surface area contributed by atoms with Gasteiger partial charge >= 0.3 is 11.9 Å². The Hall–Kier alpha value is -5.80. The van der Waals surface area contributed by atoms with E-state index in [1.165, 1.54) is 28.4 Å². The van der Waals surface area contributed by atoms with E-state index < -0.39 is 18.0 Å². The van der Waals surface area contributed by atoms with Crippen molar-refractivity contribution in [1.82, 2.24) is 9.13 Å². The molecule has 1 aliphatic rings. The van der Waals surface area contributed by atoms with Gasteiger partial charge < -0.3 is 14.0 Å². The van der Waals surface area contributed by atoms with Crippen molar-refractivity contribution in [2.24, 2.45) is 4.99 Å². The van der Waals surface area contributed by atoms with Gasteiger partial charge in [-0.25, -0.2) is 9.79 Å². The molecule has 0 bridgehead atoms. The van der Waals surface area contributed by atoms with Gasteiger partial charge in [0.05, 0.1) is 28.5 Å². The Morgan fingerprint density at radius 1 is 0.918 bits per heavy atom. The van der Waals surface area contributed by atoms with Crippen LogP contribution in [0.25, 0.3) is 28.1 Å². The molecule has 0 aliphatic carbocycles. The highest BCUT2D eigenvalue weighted by atomic mass is 32.1. The van der Waals surface area contributed by atoms with Crippen LogP contribution in [0.3, 0.4) is 0 Å². The number of hydrogen-bond donors (Lipinski definition) is 0. The highest BCUT2D eigenvalue weighted by Gasteiger charge is 2.33. The lowest BCUT2D eigenvalue weighted by molar-refractivity contribution is -0.139. The fourth-order valence-corrected chi connectivity index (χ4v) is 7.35. The van der Waals surface area contributed by atoms with E-state index in [2.05, 4.69) is 59.3 Å². The SMILES string of the molecule is CCOC(=O)C1=C(C)N=c2s/c(=C\c3cn(Cc4ccc(-c5ccccc5)cc4)c4ccccc34)c(=O)n2[C@@H]1c1cccc(OC(C)=O)c1. The molecule has 6 aromatic rings. The molecular formula is C40H33N3O5S. The summed E-state index contributed by atoms with van der Waals surface area (Å²) in [5, 5.41) is 1.02. The first-order chi connectivity index (χ1) is 23.8. The molecule has 0 saturated heterocycles. The molecule has 0 saturated carbocycles. The standard InChI is InChI=1S/C40H33N3O5S/c1-4-47-39(46)36-25(2)41-40-43(37(36)30-13-10-14-32(21-30)48-26(3)44)38(45)35(49-40)22-31-24-42(34-16-9-8-15-33(31)34)23-27-17-19-29(20-18-27)28-11-6-5-7-12-28/h5-22,24,37H,4,23H2,1-3H3/b35-22-/t37-/m1/s1.